The van der Waals surface area contributed by atoms with Crippen molar-refractivity contribution in [3.05, 3.63) is 0 Å². The van der Waals surface area contributed by atoms with Crippen molar-refractivity contribution in [2.75, 3.05) is 14.2 Å². The molecule has 6 heteroatoms. The van der Waals surface area contributed by atoms with Crippen molar-refractivity contribution in [1.82, 2.24) is 0 Å². The van der Waals surface area contributed by atoms with E-state index in [2.05, 4.69) is 9.47 Å². The van der Waals surface area contributed by atoms with Gasteiger partial charge in [-0.2, -0.15) is 13.2 Å². The van der Waals surface area contributed by atoms with Gasteiger partial charge in [-0.05, 0) is 6.92 Å². The molecule has 1 N–H and O–H groups in total. The maximum Gasteiger partial charge on any atom is 0.445 e. The van der Waals surface area contributed by atoms with Gasteiger partial charge in [0.05, 0.1) is 0 Å². The number of halogens is 3. The number of hydrogen-bond donors (Lipinski definition) is 1. The first-order valence-electron chi connectivity index (χ1n) is 3.16. The topological polar surface area (TPSA) is 38.7 Å². The van der Waals surface area contributed by atoms with Crippen molar-refractivity contribution < 1.29 is 27.8 Å². The Labute approximate surface area is 68.1 Å². The van der Waals surface area contributed by atoms with Crippen LogP contribution in [-0.4, -0.2) is 37.4 Å². The Kier molecular flexibility index (Phi) is 3.49. The average molecular weight is 188 g/mol. The third-order valence-electron chi connectivity index (χ3n) is 1.62. The summed E-state index contributed by atoms with van der Waals surface area (Å²) in [5, 5.41) is 8.95. The van der Waals surface area contributed by atoms with Crippen LogP contribution >= 0.6 is 0 Å². The quantitative estimate of drug-likeness (QED) is 0.669. The highest BCUT2D eigenvalue weighted by Crippen LogP contribution is 2.34. The fraction of sp³-hybridized carbons (Fsp3) is 1.00. The summed E-state index contributed by atoms with van der Waals surface area (Å²) >= 11 is 0. The molecule has 0 aromatic rings. The summed E-state index contributed by atoms with van der Waals surface area (Å²) in [6.45, 7) is 1.07. The van der Waals surface area contributed by atoms with E-state index in [9.17, 15) is 13.2 Å². The fourth-order valence-electron chi connectivity index (χ4n) is 0.672. The predicted octanol–water partition coefficient (Wildman–Crippen LogP) is 0.919. The number of methoxy groups -OCH3 is 2. The Bertz CT molecular complexity index is 147. The van der Waals surface area contributed by atoms with E-state index in [1.807, 2.05) is 0 Å². The molecule has 1 unspecified atom stereocenters. The molecule has 74 valence electrons. The van der Waals surface area contributed by atoms with Crippen molar-refractivity contribution >= 4 is 0 Å². The summed E-state index contributed by atoms with van der Waals surface area (Å²) in [6, 6.07) is 0. The molecule has 0 aromatic carbocycles. The van der Waals surface area contributed by atoms with E-state index in [-0.39, 0.29) is 0 Å². The van der Waals surface area contributed by atoms with Crippen LogP contribution in [0.3, 0.4) is 0 Å². The van der Waals surface area contributed by atoms with E-state index < -0.39 is 18.1 Å². The lowest BCUT2D eigenvalue weighted by atomic mass is 10.1. The normalized spacial score (nSPS) is 20.2. The minimum Gasteiger partial charge on any atom is -0.376 e. The van der Waals surface area contributed by atoms with Gasteiger partial charge in [-0.1, -0.05) is 0 Å². The largest absolute Gasteiger partial charge is 0.445 e. The van der Waals surface area contributed by atoms with E-state index in [4.69, 9.17) is 5.11 Å². The maximum absolute atomic E-state index is 12.1. The van der Waals surface area contributed by atoms with Crippen LogP contribution in [0, 0.1) is 0 Å². The van der Waals surface area contributed by atoms with Crippen LogP contribution in [0.15, 0.2) is 0 Å². The first kappa shape index (κ1) is 11.7. The lowest BCUT2D eigenvalue weighted by Gasteiger charge is -2.32. The molecule has 0 radical (unpaired) electrons. The van der Waals surface area contributed by atoms with Crippen LogP contribution in [0.5, 0.6) is 0 Å². The van der Waals surface area contributed by atoms with Crippen LogP contribution < -0.4 is 0 Å². The smallest absolute Gasteiger partial charge is 0.376 e. The molecule has 0 spiro atoms. The molecule has 0 aliphatic carbocycles. The second-order valence-corrected chi connectivity index (χ2v) is 2.28. The van der Waals surface area contributed by atoms with E-state index in [1.54, 1.807) is 0 Å². The third kappa shape index (κ3) is 1.88. The van der Waals surface area contributed by atoms with Crippen molar-refractivity contribution in [3.8, 4) is 0 Å². The van der Waals surface area contributed by atoms with Gasteiger partial charge in [0.2, 0.25) is 0 Å². The molecule has 3 nitrogen and oxygen atoms in total. The summed E-state index contributed by atoms with van der Waals surface area (Å²) in [5.41, 5.74) is 0. The van der Waals surface area contributed by atoms with Gasteiger partial charge in [-0.3, -0.25) is 0 Å². The minimum atomic E-state index is -4.86. The molecule has 2 atom stereocenters. The Morgan fingerprint density at radius 2 is 1.67 bits per heavy atom. The molecule has 0 aromatic heterocycles. The van der Waals surface area contributed by atoms with Gasteiger partial charge in [0.15, 0.2) is 0 Å². The Hall–Kier alpha value is -0.330. The molecule has 0 amide bonds. The van der Waals surface area contributed by atoms with E-state index >= 15 is 0 Å². The molecule has 0 aliphatic rings. The van der Waals surface area contributed by atoms with E-state index in [0.29, 0.717) is 0 Å². The van der Waals surface area contributed by atoms with Crippen molar-refractivity contribution in [3.63, 3.8) is 0 Å². The lowest BCUT2D eigenvalue weighted by molar-refractivity contribution is -0.386. The highest BCUT2D eigenvalue weighted by molar-refractivity contribution is 4.82. The van der Waals surface area contributed by atoms with Gasteiger partial charge in [0.1, 0.15) is 6.10 Å². The zero-order valence-corrected chi connectivity index (χ0v) is 6.97. The molecular formula is C6H11F3O3. The Morgan fingerprint density at radius 1 is 1.25 bits per heavy atom. The summed E-state index contributed by atoms with van der Waals surface area (Å²) in [4.78, 5) is 0. The molecule has 0 saturated carbocycles. The molecule has 12 heavy (non-hydrogen) atoms. The third-order valence-corrected chi connectivity index (χ3v) is 1.62. The number of aliphatic hydroxyl groups is 1. The second kappa shape index (κ2) is 3.59. The summed E-state index contributed by atoms with van der Waals surface area (Å²) < 4.78 is 44.6. The number of alkyl halides is 3. The SMILES string of the molecule is COC(C)[C@](O)(OC)C(F)(F)F. The lowest BCUT2D eigenvalue weighted by Crippen LogP contribution is -2.55. The van der Waals surface area contributed by atoms with Crippen molar-refractivity contribution in [2.24, 2.45) is 0 Å². The average Bonchev–Trinajstić information content (AvgIpc) is 1.99. The van der Waals surface area contributed by atoms with E-state index in [0.717, 1.165) is 21.1 Å². The summed E-state index contributed by atoms with van der Waals surface area (Å²) in [5.74, 6) is -3.23. The van der Waals surface area contributed by atoms with Crippen LogP contribution in [-0.2, 0) is 9.47 Å². The van der Waals surface area contributed by atoms with Gasteiger partial charge >= 0.3 is 6.18 Å². The highest BCUT2D eigenvalue weighted by atomic mass is 19.4. The molecule has 0 aliphatic heterocycles. The number of hydrogen-bond acceptors (Lipinski definition) is 3. The molecule has 0 rings (SSSR count). The molecule has 0 saturated heterocycles. The standard InChI is InChI=1S/C6H11F3O3/c1-4(11-2)5(10,12-3)6(7,8)9/h4,10H,1-3H3/t4?,5-/m0/s1. The van der Waals surface area contributed by atoms with Gasteiger partial charge in [-0.15, -0.1) is 0 Å². The van der Waals surface area contributed by atoms with Crippen LogP contribution in [0.1, 0.15) is 6.92 Å². The zero-order chi connectivity index (χ0) is 9.99. The molecule has 0 fully saturated rings. The van der Waals surface area contributed by atoms with Gasteiger partial charge < -0.3 is 14.6 Å². The fourth-order valence-corrected chi connectivity index (χ4v) is 0.672. The number of rotatable bonds is 3. The maximum atomic E-state index is 12.1. The Morgan fingerprint density at radius 3 is 1.75 bits per heavy atom. The van der Waals surface area contributed by atoms with Gasteiger partial charge in [0.25, 0.3) is 5.79 Å². The number of ether oxygens (including phenoxy) is 2. The van der Waals surface area contributed by atoms with Crippen LogP contribution in [0.25, 0.3) is 0 Å². The monoisotopic (exact) mass is 188 g/mol. The first-order chi connectivity index (χ1) is 5.29. The van der Waals surface area contributed by atoms with Gasteiger partial charge in [-0.25, -0.2) is 0 Å². The van der Waals surface area contributed by atoms with Crippen molar-refractivity contribution in [1.29, 1.82) is 0 Å². The second-order valence-electron chi connectivity index (χ2n) is 2.28. The molecular weight excluding hydrogens is 177 g/mol. The zero-order valence-electron chi connectivity index (χ0n) is 6.97. The van der Waals surface area contributed by atoms with E-state index in [1.165, 1.54) is 0 Å². The summed E-state index contributed by atoms with van der Waals surface area (Å²) in [6.07, 6.45) is -6.33. The van der Waals surface area contributed by atoms with Crippen LogP contribution in [0.2, 0.25) is 0 Å². The molecule has 0 bridgehead atoms. The Balaban J connectivity index is 4.67. The van der Waals surface area contributed by atoms with Gasteiger partial charge in [0, 0.05) is 14.2 Å². The first-order valence-corrected chi connectivity index (χ1v) is 3.16. The molecule has 0 heterocycles. The minimum absolute atomic E-state index is 0.767. The predicted molar refractivity (Wildman–Crippen MR) is 34.5 cm³/mol. The summed E-state index contributed by atoms with van der Waals surface area (Å²) in [7, 11) is 1.82. The van der Waals surface area contributed by atoms with Crippen LogP contribution in [0.4, 0.5) is 13.2 Å². The van der Waals surface area contributed by atoms with Crippen molar-refractivity contribution in [2.45, 2.75) is 25.0 Å². The highest BCUT2D eigenvalue weighted by Gasteiger charge is 2.58.